The maximum absolute atomic E-state index is 13.0. The lowest BCUT2D eigenvalue weighted by Crippen LogP contribution is -2.47. The Morgan fingerprint density at radius 2 is 1.89 bits per heavy atom. The van der Waals surface area contributed by atoms with Gasteiger partial charge < -0.3 is 15.5 Å². The van der Waals surface area contributed by atoms with Crippen LogP contribution < -0.4 is 5.73 Å². The van der Waals surface area contributed by atoms with E-state index in [4.69, 9.17) is 5.73 Å². The Balaban J connectivity index is 1.44. The summed E-state index contributed by atoms with van der Waals surface area (Å²) in [6.45, 7) is 1.54. The van der Waals surface area contributed by atoms with Crippen LogP contribution in [-0.4, -0.2) is 63.0 Å². The number of hydrogen-bond donors (Lipinski definition) is 1. The van der Waals surface area contributed by atoms with E-state index in [1.54, 1.807) is 14.5 Å². The molecule has 0 bridgehead atoms. The summed E-state index contributed by atoms with van der Waals surface area (Å²) in [6.07, 6.45) is 1.61. The summed E-state index contributed by atoms with van der Waals surface area (Å²) in [7, 11) is 1.83. The zero-order valence-corrected chi connectivity index (χ0v) is 15.3. The van der Waals surface area contributed by atoms with Crippen LogP contribution in [0.3, 0.4) is 0 Å². The first-order valence-corrected chi connectivity index (χ1v) is 9.25. The van der Waals surface area contributed by atoms with Gasteiger partial charge in [0, 0.05) is 44.5 Å². The highest BCUT2D eigenvalue weighted by Gasteiger charge is 2.38. The number of carbonyl (C=O) groups is 3. The number of benzene rings is 1. The number of primary amides is 1. The maximum Gasteiger partial charge on any atom is 0.275 e. The van der Waals surface area contributed by atoms with Crippen LogP contribution >= 0.6 is 0 Å². The van der Waals surface area contributed by atoms with Crippen LogP contribution in [0.2, 0.25) is 0 Å². The minimum absolute atomic E-state index is 0.0145. The largest absolute Gasteiger partial charge is 0.369 e. The fourth-order valence-corrected chi connectivity index (χ4v) is 4.18. The van der Waals surface area contributed by atoms with E-state index in [-0.39, 0.29) is 24.3 Å². The second-order valence-electron chi connectivity index (χ2n) is 7.36. The van der Waals surface area contributed by atoms with Gasteiger partial charge in [0.15, 0.2) is 5.69 Å². The Labute approximate surface area is 156 Å². The molecule has 0 saturated carbocycles. The van der Waals surface area contributed by atoms with E-state index in [0.29, 0.717) is 38.2 Å². The Morgan fingerprint density at radius 3 is 2.56 bits per heavy atom. The number of nitrogens with zero attached hydrogens (tertiary/aromatic N) is 4. The number of aromatic nitrogens is 2. The monoisotopic (exact) mass is 369 g/mol. The predicted molar refractivity (Wildman–Crippen MR) is 98.7 cm³/mol. The summed E-state index contributed by atoms with van der Waals surface area (Å²) < 4.78 is 1.72. The third-order valence-corrected chi connectivity index (χ3v) is 5.71. The lowest BCUT2D eigenvalue weighted by atomic mass is 10.0. The van der Waals surface area contributed by atoms with E-state index in [0.717, 1.165) is 10.9 Å². The molecule has 1 unspecified atom stereocenters. The molecule has 0 aliphatic carbocycles. The number of rotatable bonds is 3. The molecule has 1 aromatic carbocycles. The quantitative estimate of drug-likeness (QED) is 0.852. The average Bonchev–Trinajstić information content (AvgIpc) is 3.22. The molecule has 8 nitrogen and oxygen atoms in total. The summed E-state index contributed by atoms with van der Waals surface area (Å²) in [6, 6.07) is 7.75. The first-order valence-electron chi connectivity index (χ1n) is 9.25. The van der Waals surface area contributed by atoms with Gasteiger partial charge in [0.1, 0.15) is 0 Å². The van der Waals surface area contributed by atoms with E-state index in [1.807, 2.05) is 31.3 Å². The van der Waals surface area contributed by atoms with Gasteiger partial charge in [-0.15, -0.1) is 0 Å². The SMILES string of the molecule is Cn1nc(C(=O)N2CCC(N3CC(C(N)=O)CC3=O)CC2)c2ccccc21. The Hall–Kier alpha value is -2.90. The minimum Gasteiger partial charge on any atom is -0.369 e. The topological polar surface area (TPSA) is 102 Å². The summed E-state index contributed by atoms with van der Waals surface area (Å²) >= 11 is 0. The van der Waals surface area contributed by atoms with Gasteiger partial charge in [0.2, 0.25) is 11.8 Å². The van der Waals surface area contributed by atoms with Crippen molar-refractivity contribution in [3.63, 3.8) is 0 Å². The number of piperidine rings is 1. The molecule has 8 heteroatoms. The Bertz CT molecular complexity index is 913. The molecule has 1 atom stereocenters. The van der Waals surface area contributed by atoms with Gasteiger partial charge in [-0.05, 0) is 18.9 Å². The fourth-order valence-electron chi connectivity index (χ4n) is 4.18. The van der Waals surface area contributed by atoms with Gasteiger partial charge >= 0.3 is 0 Å². The standard InChI is InChI=1S/C19H23N5O3/c1-22-15-5-3-2-4-14(15)17(21-22)19(27)23-8-6-13(7-9-23)24-11-12(18(20)26)10-16(24)25/h2-5,12-13H,6-11H2,1H3,(H2,20,26). The molecule has 1 aromatic heterocycles. The summed E-state index contributed by atoms with van der Waals surface area (Å²) in [4.78, 5) is 40.1. The third kappa shape index (κ3) is 3.05. The first-order chi connectivity index (χ1) is 13.0. The number of likely N-dealkylation sites (tertiary alicyclic amines) is 2. The van der Waals surface area contributed by atoms with Gasteiger partial charge in [-0.3, -0.25) is 19.1 Å². The second-order valence-corrected chi connectivity index (χ2v) is 7.36. The molecule has 0 radical (unpaired) electrons. The number of amides is 3. The van der Waals surface area contributed by atoms with Crippen LogP contribution in [0.15, 0.2) is 24.3 Å². The van der Waals surface area contributed by atoms with Crippen molar-refractivity contribution in [2.75, 3.05) is 19.6 Å². The highest BCUT2D eigenvalue weighted by molar-refractivity contribution is 6.04. The molecule has 27 heavy (non-hydrogen) atoms. The summed E-state index contributed by atoms with van der Waals surface area (Å²) in [5.74, 6) is -0.898. The molecule has 2 saturated heterocycles. The van der Waals surface area contributed by atoms with Crippen LogP contribution in [-0.2, 0) is 16.6 Å². The van der Waals surface area contributed by atoms with Crippen molar-refractivity contribution in [1.29, 1.82) is 0 Å². The Kier molecular flexibility index (Phi) is 4.33. The van der Waals surface area contributed by atoms with Crippen molar-refractivity contribution in [2.45, 2.75) is 25.3 Å². The van der Waals surface area contributed by atoms with Gasteiger partial charge in [-0.25, -0.2) is 0 Å². The molecular weight excluding hydrogens is 346 g/mol. The van der Waals surface area contributed by atoms with Crippen molar-refractivity contribution < 1.29 is 14.4 Å². The molecule has 0 spiro atoms. The first kappa shape index (κ1) is 17.5. The number of para-hydroxylation sites is 1. The lowest BCUT2D eigenvalue weighted by molar-refractivity contribution is -0.130. The average molecular weight is 369 g/mol. The van der Waals surface area contributed by atoms with Gasteiger partial charge in [-0.2, -0.15) is 5.10 Å². The highest BCUT2D eigenvalue weighted by Crippen LogP contribution is 2.27. The van der Waals surface area contributed by atoms with Crippen molar-refractivity contribution in [1.82, 2.24) is 19.6 Å². The molecule has 2 aliphatic heterocycles. The van der Waals surface area contributed by atoms with E-state index < -0.39 is 11.8 Å². The van der Waals surface area contributed by atoms with Crippen molar-refractivity contribution >= 4 is 28.6 Å². The number of carbonyl (C=O) groups excluding carboxylic acids is 3. The molecule has 3 amide bonds. The molecule has 2 aromatic rings. The number of fused-ring (bicyclic) bond motifs is 1. The van der Waals surface area contributed by atoms with Crippen LogP contribution in [0.5, 0.6) is 0 Å². The van der Waals surface area contributed by atoms with Crippen molar-refractivity contribution in [3.05, 3.63) is 30.0 Å². The number of hydrogen-bond acceptors (Lipinski definition) is 4. The van der Waals surface area contributed by atoms with E-state index in [1.165, 1.54) is 0 Å². The van der Waals surface area contributed by atoms with Crippen LogP contribution in [0, 0.1) is 5.92 Å². The zero-order chi connectivity index (χ0) is 19.1. The van der Waals surface area contributed by atoms with Gasteiger partial charge in [0.25, 0.3) is 5.91 Å². The molecule has 4 rings (SSSR count). The van der Waals surface area contributed by atoms with E-state index in [9.17, 15) is 14.4 Å². The molecule has 142 valence electrons. The summed E-state index contributed by atoms with van der Waals surface area (Å²) in [5.41, 5.74) is 6.74. The molecule has 2 aliphatic rings. The summed E-state index contributed by atoms with van der Waals surface area (Å²) in [5, 5.41) is 5.27. The van der Waals surface area contributed by atoms with Gasteiger partial charge in [-0.1, -0.05) is 18.2 Å². The fraction of sp³-hybridized carbons (Fsp3) is 0.474. The number of nitrogens with two attached hydrogens (primary N) is 1. The maximum atomic E-state index is 13.0. The molecule has 2 N–H and O–H groups in total. The molecule has 2 fully saturated rings. The zero-order valence-electron chi connectivity index (χ0n) is 15.3. The third-order valence-electron chi connectivity index (χ3n) is 5.71. The van der Waals surface area contributed by atoms with Gasteiger partial charge in [0.05, 0.1) is 11.4 Å². The smallest absolute Gasteiger partial charge is 0.275 e. The highest BCUT2D eigenvalue weighted by atomic mass is 16.2. The minimum atomic E-state index is -0.416. The van der Waals surface area contributed by atoms with Crippen LogP contribution in [0.1, 0.15) is 29.8 Å². The molecule has 3 heterocycles. The second kappa shape index (κ2) is 6.68. The lowest BCUT2D eigenvalue weighted by Gasteiger charge is -2.36. The predicted octanol–water partition coefficient (Wildman–Crippen LogP) is 0.512. The van der Waals surface area contributed by atoms with Crippen LogP contribution in [0.25, 0.3) is 10.9 Å². The van der Waals surface area contributed by atoms with E-state index >= 15 is 0 Å². The van der Waals surface area contributed by atoms with Crippen molar-refractivity contribution in [2.24, 2.45) is 18.7 Å². The molecular formula is C19H23N5O3. The van der Waals surface area contributed by atoms with Crippen LogP contribution in [0.4, 0.5) is 0 Å². The normalized spacial score (nSPS) is 21.2. The number of aryl methyl sites for hydroxylation is 1. The van der Waals surface area contributed by atoms with Crippen molar-refractivity contribution in [3.8, 4) is 0 Å². The Morgan fingerprint density at radius 1 is 1.19 bits per heavy atom. The van der Waals surface area contributed by atoms with E-state index in [2.05, 4.69) is 5.10 Å².